The summed E-state index contributed by atoms with van der Waals surface area (Å²) in [4.78, 5) is 54.0. The molecule has 46 heavy (non-hydrogen) atoms. The van der Waals surface area contributed by atoms with Crippen LogP contribution < -0.4 is 5.32 Å². The number of aliphatic hydroxyl groups excluding tert-OH is 6. The van der Waals surface area contributed by atoms with Crippen molar-refractivity contribution < 1.29 is 68.9 Å². The molecule has 0 aromatic carbocycles. The predicted molar refractivity (Wildman–Crippen MR) is 155 cm³/mol. The quantitative estimate of drug-likeness (QED) is 0.0608. The maximum Gasteiger partial charge on any atom is 0.333 e. The van der Waals surface area contributed by atoms with E-state index in [-0.39, 0.29) is 25.9 Å². The molecule has 0 aromatic rings. The van der Waals surface area contributed by atoms with E-state index >= 15 is 0 Å². The van der Waals surface area contributed by atoms with Gasteiger partial charge in [0, 0.05) is 32.7 Å². The molecule has 264 valence electrons. The van der Waals surface area contributed by atoms with Crippen LogP contribution in [0.4, 0.5) is 0 Å². The molecule has 1 unspecified atom stereocenters. The van der Waals surface area contributed by atoms with Gasteiger partial charge in [0.25, 0.3) is 11.8 Å². The molecule has 3 amide bonds. The zero-order chi connectivity index (χ0) is 34.0. The minimum Gasteiger partial charge on any atom is -0.394 e. The van der Waals surface area contributed by atoms with Crippen molar-refractivity contribution in [2.24, 2.45) is 0 Å². The van der Waals surface area contributed by atoms with Gasteiger partial charge in [0.05, 0.1) is 25.4 Å². The first-order chi connectivity index (χ1) is 21.8. The van der Waals surface area contributed by atoms with E-state index in [0.717, 1.165) is 0 Å². The molecule has 3 fully saturated rings. The number of rotatable bonds is 17. The van der Waals surface area contributed by atoms with Gasteiger partial charge in [-0.3, -0.25) is 14.4 Å². The van der Waals surface area contributed by atoms with Crippen molar-refractivity contribution >= 4 is 23.7 Å². The Kier molecular flexibility index (Phi) is 15.2. The summed E-state index contributed by atoms with van der Waals surface area (Å²) in [5, 5.41) is 63.8. The van der Waals surface area contributed by atoms with Crippen LogP contribution in [0.15, 0.2) is 0 Å². The summed E-state index contributed by atoms with van der Waals surface area (Å²) in [6.45, 7) is 3.81. The Labute approximate surface area is 267 Å². The fourth-order valence-electron chi connectivity index (χ4n) is 5.72. The second-order valence-electron chi connectivity index (χ2n) is 12.0. The third-order valence-corrected chi connectivity index (χ3v) is 8.41. The molecule has 0 spiro atoms. The summed E-state index contributed by atoms with van der Waals surface area (Å²) in [6.07, 6.45) is -7.50. The fourth-order valence-corrected chi connectivity index (χ4v) is 5.72. The van der Waals surface area contributed by atoms with Crippen LogP contribution in [0, 0.1) is 0 Å². The third kappa shape index (κ3) is 10.6. The standard InChI is InChI=1S/C29H49N3O14/c1-16-24(38)28(42)25(39)18(44-16)7-6-12-31(11-5-3-4-8-22(37)46-32-20(35)9-10-21(32)36)13-14-43-29-23(30-17(2)34)27(41)26(40)19(15-33)45-29/h16,18-19,23-29,33,38-42H,3-15H2,1-2H3,(H,30,34)/t16-,18-,19?,23+,24+,25+,26+,27+,28+,29+/m0/s1. The second kappa shape index (κ2) is 18.3. The Bertz CT molecular complexity index is 1000. The molecule has 17 nitrogen and oxygen atoms in total. The summed E-state index contributed by atoms with van der Waals surface area (Å²) in [6, 6.07) is -1.08. The second-order valence-corrected chi connectivity index (χ2v) is 12.0. The van der Waals surface area contributed by atoms with Crippen molar-refractivity contribution in [3.8, 4) is 0 Å². The Morgan fingerprint density at radius 2 is 1.52 bits per heavy atom. The van der Waals surface area contributed by atoms with E-state index in [1.54, 1.807) is 6.92 Å². The topological polar surface area (TPSA) is 245 Å². The summed E-state index contributed by atoms with van der Waals surface area (Å²) in [5.41, 5.74) is 0. The molecule has 3 rings (SSSR count). The van der Waals surface area contributed by atoms with Gasteiger partial charge in [-0.05, 0) is 45.7 Å². The number of unbranched alkanes of at least 4 members (excludes halogenated alkanes) is 2. The smallest absolute Gasteiger partial charge is 0.333 e. The van der Waals surface area contributed by atoms with Gasteiger partial charge in [-0.2, -0.15) is 0 Å². The van der Waals surface area contributed by atoms with Crippen LogP contribution in [-0.2, 0) is 38.2 Å². The summed E-state index contributed by atoms with van der Waals surface area (Å²) < 4.78 is 17.2. The number of aliphatic hydroxyl groups is 6. The number of ether oxygens (including phenoxy) is 3. The van der Waals surface area contributed by atoms with E-state index in [9.17, 15) is 49.8 Å². The molecule has 3 aliphatic heterocycles. The summed E-state index contributed by atoms with van der Waals surface area (Å²) >= 11 is 0. The molecule has 3 aliphatic rings. The predicted octanol–water partition coefficient (Wildman–Crippen LogP) is -2.93. The number of imide groups is 1. The SMILES string of the molecule is CC(=O)N[C@H]1[C@H](OCCN(CCCCCC(=O)ON2C(=O)CCC2=O)CCC[C@@H]2O[C@@H](C)[C@@H](O)[C@@H](O)[C@@H]2O)OC(CO)[C@@H](O)[C@@H]1O. The minimum absolute atomic E-state index is 0.0182. The van der Waals surface area contributed by atoms with Crippen LogP contribution in [0.3, 0.4) is 0 Å². The molecule has 10 atom stereocenters. The summed E-state index contributed by atoms with van der Waals surface area (Å²) in [5.74, 6) is -2.22. The maximum atomic E-state index is 12.1. The van der Waals surface area contributed by atoms with Crippen molar-refractivity contribution in [2.45, 2.75) is 126 Å². The van der Waals surface area contributed by atoms with E-state index in [1.807, 2.05) is 0 Å². The third-order valence-electron chi connectivity index (χ3n) is 8.41. The Balaban J connectivity index is 1.51. The highest BCUT2D eigenvalue weighted by atomic mass is 16.7. The first kappa shape index (κ1) is 38.1. The Hall–Kier alpha value is -2.32. The van der Waals surface area contributed by atoms with Gasteiger partial charge < -0.3 is 59.9 Å². The Morgan fingerprint density at radius 1 is 0.870 bits per heavy atom. The van der Waals surface area contributed by atoms with Crippen LogP contribution in [0.1, 0.15) is 65.2 Å². The van der Waals surface area contributed by atoms with Crippen LogP contribution >= 0.6 is 0 Å². The molecule has 0 bridgehead atoms. The molecule has 0 saturated carbocycles. The lowest BCUT2D eigenvalue weighted by Crippen LogP contribution is -2.64. The Morgan fingerprint density at radius 3 is 2.17 bits per heavy atom. The highest BCUT2D eigenvalue weighted by molar-refractivity contribution is 6.01. The number of hydrogen-bond acceptors (Lipinski definition) is 15. The normalized spacial score (nSPS) is 33.5. The van der Waals surface area contributed by atoms with Gasteiger partial charge >= 0.3 is 5.97 Å². The average molecular weight is 664 g/mol. The number of carbonyl (C=O) groups is 4. The van der Waals surface area contributed by atoms with E-state index in [0.29, 0.717) is 56.8 Å². The van der Waals surface area contributed by atoms with Crippen LogP contribution in [0.5, 0.6) is 0 Å². The molecule has 0 radical (unpaired) electrons. The van der Waals surface area contributed by atoms with E-state index < -0.39 is 91.5 Å². The molecule has 7 N–H and O–H groups in total. The van der Waals surface area contributed by atoms with E-state index in [2.05, 4.69) is 10.2 Å². The number of carbonyl (C=O) groups excluding carboxylic acids is 4. The van der Waals surface area contributed by atoms with Crippen LogP contribution in [-0.4, -0.2) is 158 Å². The first-order valence-electron chi connectivity index (χ1n) is 15.8. The molecule has 3 saturated heterocycles. The number of nitrogens with one attached hydrogen (secondary N) is 1. The first-order valence-corrected chi connectivity index (χ1v) is 15.8. The highest BCUT2D eigenvalue weighted by Crippen LogP contribution is 2.25. The monoisotopic (exact) mass is 663 g/mol. The number of hydrogen-bond donors (Lipinski definition) is 7. The van der Waals surface area contributed by atoms with Crippen molar-refractivity contribution in [1.82, 2.24) is 15.3 Å². The fraction of sp³-hybridized carbons (Fsp3) is 0.862. The van der Waals surface area contributed by atoms with Gasteiger partial charge in [-0.15, -0.1) is 5.06 Å². The maximum absolute atomic E-state index is 12.1. The molecular weight excluding hydrogens is 614 g/mol. The van der Waals surface area contributed by atoms with E-state index in [4.69, 9.17) is 19.0 Å². The van der Waals surface area contributed by atoms with Crippen LogP contribution in [0.2, 0.25) is 0 Å². The van der Waals surface area contributed by atoms with Crippen molar-refractivity contribution in [2.75, 3.05) is 32.8 Å². The average Bonchev–Trinajstić information content (AvgIpc) is 3.33. The minimum atomic E-state index is -1.44. The van der Waals surface area contributed by atoms with E-state index in [1.165, 1.54) is 6.92 Å². The lowest BCUT2D eigenvalue weighted by Gasteiger charge is -2.42. The zero-order valence-electron chi connectivity index (χ0n) is 26.3. The van der Waals surface area contributed by atoms with Gasteiger partial charge in [-0.25, -0.2) is 4.79 Å². The number of hydroxylamine groups is 2. The molecular formula is C29H49N3O14. The van der Waals surface area contributed by atoms with Gasteiger partial charge in [0.15, 0.2) is 6.29 Å². The molecule has 0 aliphatic carbocycles. The van der Waals surface area contributed by atoms with Crippen molar-refractivity contribution in [1.29, 1.82) is 0 Å². The van der Waals surface area contributed by atoms with Crippen molar-refractivity contribution in [3.05, 3.63) is 0 Å². The van der Waals surface area contributed by atoms with Crippen LogP contribution in [0.25, 0.3) is 0 Å². The molecule has 0 aromatic heterocycles. The van der Waals surface area contributed by atoms with Gasteiger partial charge in [0.1, 0.15) is 42.7 Å². The largest absolute Gasteiger partial charge is 0.394 e. The lowest BCUT2D eigenvalue weighted by molar-refractivity contribution is -0.270. The van der Waals surface area contributed by atoms with Gasteiger partial charge in [-0.1, -0.05) is 6.42 Å². The molecule has 3 heterocycles. The highest BCUT2D eigenvalue weighted by Gasteiger charge is 2.45. The summed E-state index contributed by atoms with van der Waals surface area (Å²) in [7, 11) is 0. The van der Waals surface area contributed by atoms with Crippen molar-refractivity contribution in [3.63, 3.8) is 0 Å². The number of amides is 3. The van der Waals surface area contributed by atoms with Gasteiger partial charge in [0.2, 0.25) is 5.91 Å². The molecule has 17 heteroatoms. The number of nitrogens with zero attached hydrogens (tertiary/aromatic N) is 2. The lowest BCUT2D eigenvalue weighted by atomic mass is 9.93. The zero-order valence-corrected chi connectivity index (χ0v) is 26.3.